The molecule has 0 saturated carbocycles. The molecule has 0 spiro atoms. The standard InChI is InChI=1S/C15H20N2O2/c1-12-4-3-9-17(11-12)15(18)14-7-5-13(6-8-14)10-16-19-2/h5-8,10,12H,3-4,9,11H2,1-2H3/b16-10+. The zero-order valence-electron chi connectivity index (χ0n) is 11.5. The predicted molar refractivity (Wildman–Crippen MR) is 75.3 cm³/mol. The summed E-state index contributed by atoms with van der Waals surface area (Å²) in [6, 6.07) is 7.45. The Bertz CT molecular complexity index is 454. The molecule has 1 atom stereocenters. The number of hydrogen-bond acceptors (Lipinski definition) is 3. The number of amides is 1. The molecule has 1 aromatic rings. The average molecular weight is 260 g/mol. The summed E-state index contributed by atoms with van der Waals surface area (Å²) in [5.74, 6) is 0.729. The molecule has 19 heavy (non-hydrogen) atoms. The molecule has 0 radical (unpaired) electrons. The summed E-state index contributed by atoms with van der Waals surface area (Å²) < 4.78 is 0. The second-order valence-corrected chi connectivity index (χ2v) is 5.04. The van der Waals surface area contributed by atoms with Crippen LogP contribution in [-0.4, -0.2) is 37.2 Å². The van der Waals surface area contributed by atoms with E-state index >= 15 is 0 Å². The van der Waals surface area contributed by atoms with E-state index in [1.165, 1.54) is 13.5 Å². The van der Waals surface area contributed by atoms with Crippen molar-refractivity contribution in [3.63, 3.8) is 0 Å². The van der Waals surface area contributed by atoms with E-state index in [1.54, 1.807) is 6.21 Å². The second kappa shape index (κ2) is 6.36. The van der Waals surface area contributed by atoms with E-state index in [1.807, 2.05) is 29.2 Å². The summed E-state index contributed by atoms with van der Waals surface area (Å²) >= 11 is 0. The Morgan fingerprint density at radius 3 is 2.79 bits per heavy atom. The van der Waals surface area contributed by atoms with Crippen molar-refractivity contribution < 1.29 is 9.63 Å². The zero-order valence-corrected chi connectivity index (χ0v) is 11.5. The molecule has 2 rings (SSSR count). The molecule has 102 valence electrons. The first-order valence-corrected chi connectivity index (χ1v) is 6.66. The van der Waals surface area contributed by atoms with Crippen molar-refractivity contribution in [1.29, 1.82) is 0 Å². The Kier molecular flexibility index (Phi) is 4.55. The number of likely N-dealkylation sites (tertiary alicyclic amines) is 1. The van der Waals surface area contributed by atoms with Gasteiger partial charge >= 0.3 is 0 Å². The summed E-state index contributed by atoms with van der Waals surface area (Å²) in [5.41, 5.74) is 1.66. The van der Waals surface area contributed by atoms with E-state index in [0.29, 0.717) is 5.92 Å². The number of carbonyl (C=O) groups is 1. The van der Waals surface area contributed by atoms with Gasteiger partial charge in [-0.05, 0) is 36.5 Å². The Balaban J connectivity index is 2.04. The third-order valence-corrected chi connectivity index (χ3v) is 3.41. The molecule has 1 aliphatic rings. The van der Waals surface area contributed by atoms with E-state index in [2.05, 4.69) is 16.9 Å². The van der Waals surface area contributed by atoms with E-state index in [0.717, 1.165) is 30.6 Å². The molecule has 0 bridgehead atoms. The maximum absolute atomic E-state index is 12.3. The van der Waals surface area contributed by atoms with Gasteiger partial charge in [-0.25, -0.2) is 0 Å². The van der Waals surface area contributed by atoms with Gasteiger partial charge in [-0.2, -0.15) is 0 Å². The minimum absolute atomic E-state index is 0.127. The van der Waals surface area contributed by atoms with E-state index in [4.69, 9.17) is 0 Å². The van der Waals surface area contributed by atoms with Gasteiger partial charge in [-0.15, -0.1) is 0 Å². The van der Waals surface area contributed by atoms with Crippen LogP contribution in [-0.2, 0) is 4.84 Å². The molecule has 1 fully saturated rings. The van der Waals surface area contributed by atoms with E-state index in [9.17, 15) is 4.79 Å². The van der Waals surface area contributed by atoms with Crippen molar-refractivity contribution in [3.05, 3.63) is 35.4 Å². The first kappa shape index (κ1) is 13.6. The normalized spacial score (nSPS) is 19.7. The Morgan fingerprint density at radius 1 is 1.42 bits per heavy atom. The van der Waals surface area contributed by atoms with Gasteiger partial charge < -0.3 is 9.74 Å². The highest BCUT2D eigenvalue weighted by atomic mass is 16.6. The molecular weight excluding hydrogens is 240 g/mol. The van der Waals surface area contributed by atoms with Crippen LogP contribution >= 0.6 is 0 Å². The minimum Gasteiger partial charge on any atom is -0.399 e. The molecule has 4 nitrogen and oxygen atoms in total. The number of nitrogens with zero attached hydrogens (tertiary/aromatic N) is 2. The number of piperidine rings is 1. The Morgan fingerprint density at radius 2 is 2.16 bits per heavy atom. The SMILES string of the molecule is CO/N=C/c1ccc(C(=O)N2CCCC(C)C2)cc1. The van der Waals surface area contributed by atoms with Gasteiger partial charge in [0.05, 0.1) is 6.21 Å². The first-order chi connectivity index (χ1) is 9.20. The van der Waals surface area contributed by atoms with Crippen molar-refractivity contribution in [2.75, 3.05) is 20.2 Å². The molecule has 1 aromatic carbocycles. The number of oxime groups is 1. The van der Waals surface area contributed by atoms with Crippen molar-refractivity contribution in [3.8, 4) is 0 Å². The molecule has 0 N–H and O–H groups in total. The second-order valence-electron chi connectivity index (χ2n) is 5.04. The lowest BCUT2D eigenvalue weighted by Gasteiger charge is -2.31. The number of rotatable bonds is 3. The first-order valence-electron chi connectivity index (χ1n) is 6.66. The molecular formula is C15H20N2O2. The molecule has 1 amide bonds. The molecule has 0 aliphatic carbocycles. The molecule has 1 unspecified atom stereocenters. The predicted octanol–water partition coefficient (Wildman–Crippen LogP) is 2.54. The van der Waals surface area contributed by atoms with Gasteiger partial charge in [0.2, 0.25) is 0 Å². The molecule has 0 aromatic heterocycles. The quantitative estimate of drug-likeness (QED) is 0.619. The highest BCUT2D eigenvalue weighted by Crippen LogP contribution is 2.18. The average Bonchev–Trinajstić information content (AvgIpc) is 2.45. The third-order valence-electron chi connectivity index (χ3n) is 3.41. The summed E-state index contributed by atoms with van der Waals surface area (Å²) in [5, 5.41) is 3.70. The van der Waals surface area contributed by atoms with Gasteiger partial charge in [0.1, 0.15) is 7.11 Å². The lowest BCUT2D eigenvalue weighted by molar-refractivity contribution is 0.0683. The summed E-state index contributed by atoms with van der Waals surface area (Å²) in [6.07, 6.45) is 3.94. The van der Waals surface area contributed by atoms with Crippen LogP contribution in [0.4, 0.5) is 0 Å². The van der Waals surface area contributed by atoms with Crippen molar-refractivity contribution in [2.45, 2.75) is 19.8 Å². The number of carbonyl (C=O) groups excluding carboxylic acids is 1. The topological polar surface area (TPSA) is 41.9 Å². The number of hydrogen-bond donors (Lipinski definition) is 0. The van der Waals surface area contributed by atoms with Gasteiger partial charge in [0.25, 0.3) is 5.91 Å². The van der Waals surface area contributed by atoms with Crippen LogP contribution in [0.1, 0.15) is 35.7 Å². The third kappa shape index (κ3) is 3.56. The maximum atomic E-state index is 12.3. The lowest BCUT2D eigenvalue weighted by atomic mass is 9.99. The fourth-order valence-electron chi connectivity index (χ4n) is 2.38. The van der Waals surface area contributed by atoms with Crippen LogP contribution in [0.3, 0.4) is 0 Å². The van der Waals surface area contributed by atoms with Crippen molar-refractivity contribution >= 4 is 12.1 Å². The van der Waals surface area contributed by atoms with Gasteiger partial charge in [-0.3, -0.25) is 4.79 Å². The van der Waals surface area contributed by atoms with Crippen LogP contribution in [0.25, 0.3) is 0 Å². The minimum atomic E-state index is 0.127. The van der Waals surface area contributed by atoms with Crippen LogP contribution in [0.2, 0.25) is 0 Å². The van der Waals surface area contributed by atoms with Crippen LogP contribution < -0.4 is 0 Å². The van der Waals surface area contributed by atoms with Gasteiger partial charge in [0.15, 0.2) is 0 Å². The van der Waals surface area contributed by atoms with Crippen LogP contribution in [0.5, 0.6) is 0 Å². The monoisotopic (exact) mass is 260 g/mol. The Hall–Kier alpha value is -1.84. The molecule has 1 heterocycles. The largest absolute Gasteiger partial charge is 0.399 e. The fourth-order valence-corrected chi connectivity index (χ4v) is 2.38. The fraction of sp³-hybridized carbons (Fsp3) is 0.467. The lowest BCUT2D eigenvalue weighted by Crippen LogP contribution is -2.39. The highest BCUT2D eigenvalue weighted by molar-refractivity contribution is 5.95. The Labute approximate surface area is 114 Å². The van der Waals surface area contributed by atoms with Gasteiger partial charge in [0, 0.05) is 18.7 Å². The molecule has 4 heteroatoms. The van der Waals surface area contributed by atoms with Crippen molar-refractivity contribution in [1.82, 2.24) is 4.90 Å². The van der Waals surface area contributed by atoms with Crippen molar-refractivity contribution in [2.24, 2.45) is 11.1 Å². The smallest absolute Gasteiger partial charge is 0.253 e. The highest BCUT2D eigenvalue weighted by Gasteiger charge is 2.21. The van der Waals surface area contributed by atoms with E-state index < -0.39 is 0 Å². The number of benzene rings is 1. The summed E-state index contributed by atoms with van der Waals surface area (Å²) in [7, 11) is 1.51. The molecule has 1 saturated heterocycles. The van der Waals surface area contributed by atoms with E-state index in [-0.39, 0.29) is 5.91 Å². The molecule has 1 aliphatic heterocycles. The summed E-state index contributed by atoms with van der Waals surface area (Å²) in [4.78, 5) is 18.9. The van der Waals surface area contributed by atoms with Crippen LogP contribution in [0, 0.1) is 5.92 Å². The zero-order chi connectivity index (χ0) is 13.7. The maximum Gasteiger partial charge on any atom is 0.253 e. The van der Waals surface area contributed by atoms with Gasteiger partial charge in [-0.1, -0.05) is 24.2 Å². The van der Waals surface area contributed by atoms with Crippen LogP contribution in [0.15, 0.2) is 29.4 Å². The summed E-state index contributed by atoms with van der Waals surface area (Å²) in [6.45, 7) is 3.94.